The van der Waals surface area contributed by atoms with Crippen molar-refractivity contribution in [3.05, 3.63) is 95.0 Å². The summed E-state index contributed by atoms with van der Waals surface area (Å²) in [7, 11) is -3.90. The first-order valence-electron chi connectivity index (χ1n) is 10.9. The molecule has 0 saturated heterocycles. The number of pyridine rings is 2. The van der Waals surface area contributed by atoms with Crippen LogP contribution in [0.1, 0.15) is 20.8 Å². The minimum Gasteiger partial charge on any atom is -0.397 e. The number of aromatic nitrogens is 2. The van der Waals surface area contributed by atoms with E-state index in [1.54, 1.807) is 12.1 Å². The van der Waals surface area contributed by atoms with E-state index in [2.05, 4.69) is 20.8 Å². The number of nitrogens with zero attached hydrogens (tertiary/aromatic N) is 3. The molecular weight excluding hydrogens is 508 g/mol. The molecule has 11 heteroatoms. The molecule has 5 N–H and O–H groups in total. The smallest absolute Gasteiger partial charge is 0.263 e. The van der Waals surface area contributed by atoms with Crippen molar-refractivity contribution in [1.29, 1.82) is 5.26 Å². The van der Waals surface area contributed by atoms with Gasteiger partial charge in [-0.05, 0) is 42.0 Å². The maximum atomic E-state index is 13.4. The summed E-state index contributed by atoms with van der Waals surface area (Å²) in [6, 6.07) is 21.6. The van der Waals surface area contributed by atoms with Crippen LogP contribution < -0.4 is 16.2 Å². The number of nitrogens with two attached hydrogens (primary N) is 2. The lowest BCUT2D eigenvalue weighted by Crippen LogP contribution is -2.14. The van der Waals surface area contributed by atoms with Crippen molar-refractivity contribution < 1.29 is 13.2 Å². The van der Waals surface area contributed by atoms with Crippen LogP contribution in [0.4, 0.5) is 17.3 Å². The van der Waals surface area contributed by atoms with Crippen LogP contribution in [0, 0.1) is 11.3 Å². The summed E-state index contributed by atoms with van der Waals surface area (Å²) < 4.78 is 27.8. The molecular formula is C26H18N6O3S2. The maximum absolute atomic E-state index is 13.4. The number of carbonyl (C=O) groups excluding carboxylic acids is 1. The second kappa shape index (κ2) is 9.34. The zero-order valence-corrected chi connectivity index (χ0v) is 20.7. The molecule has 182 valence electrons. The number of hydrogen-bond donors (Lipinski definition) is 3. The van der Waals surface area contributed by atoms with E-state index in [9.17, 15) is 18.5 Å². The molecule has 0 radical (unpaired) electrons. The number of benzene rings is 2. The van der Waals surface area contributed by atoms with E-state index in [1.807, 2.05) is 30.3 Å². The third kappa shape index (κ3) is 4.35. The van der Waals surface area contributed by atoms with Crippen molar-refractivity contribution in [2.75, 3.05) is 16.2 Å². The van der Waals surface area contributed by atoms with Crippen molar-refractivity contribution in [2.24, 2.45) is 0 Å². The van der Waals surface area contributed by atoms with E-state index < -0.39 is 15.8 Å². The molecule has 0 atom stereocenters. The molecule has 0 saturated carbocycles. The molecule has 5 aromatic rings. The Hall–Kier alpha value is -4.79. The molecule has 9 nitrogen and oxygen atoms in total. The number of sulfonamides is 1. The number of anilines is 3. The van der Waals surface area contributed by atoms with Gasteiger partial charge in [-0.3, -0.25) is 9.52 Å². The van der Waals surface area contributed by atoms with Gasteiger partial charge in [-0.1, -0.05) is 36.4 Å². The summed E-state index contributed by atoms with van der Waals surface area (Å²) in [4.78, 5) is 22.3. The summed E-state index contributed by atoms with van der Waals surface area (Å²) in [5, 5.41) is 10.2. The van der Waals surface area contributed by atoms with Crippen LogP contribution in [-0.2, 0) is 10.0 Å². The first-order chi connectivity index (χ1) is 17.8. The fourth-order valence-corrected chi connectivity index (χ4v) is 5.96. The number of thiophene rings is 1. The van der Waals surface area contributed by atoms with Crippen molar-refractivity contribution in [2.45, 2.75) is 4.90 Å². The summed E-state index contributed by atoms with van der Waals surface area (Å²) in [5.41, 5.74) is 14.4. The van der Waals surface area contributed by atoms with E-state index in [-0.39, 0.29) is 38.2 Å². The Balaban J connectivity index is 1.54. The molecule has 0 aliphatic rings. The first kappa shape index (κ1) is 23.9. The number of nitriles is 1. The van der Waals surface area contributed by atoms with Crippen LogP contribution in [0.2, 0.25) is 0 Å². The highest BCUT2D eigenvalue weighted by Gasteiger charge is 2.25. The van der Waals surface area contributed by atoms with Gasteiger partial charge in [-0.15, -0.1) is 11.3 Å². The van der Waals surface area contributed by atoms with Gasteiger partial charge in [0.1, 0.15) is 33.0 Å². The monoisotopic (exact) mass is 526 g/mol. The lowest BCUT2D eigenvalue weighted by atomic mass is 9.97. The highest BCUT2D eigenvalue weighted by Crippen LogP contribution is 2.43. The second-order valence-electron chi connectivity index (χ2n) is 7.92. The fraction of sp³-hybridized carbons (Fsp3) is 0. The summed E-state index contributed by atoms with van der Waals surface area (Å²) in [6.07, 6.45) is 1.47. The van der Waals surface area contributed by atoms with Gasteiger partial charge in [0, 0.05) is 22.7 Å². The molecule has 2 aromatic carbocycles. The van der Waals surface area contributed by atoms with Crippen LogP contribution in [-0.4, -0.2) is 24.2 Å². The zero-order chi connectivity index (χ0) is 26.2. The number of carbonyl (C=O) groups is 1. The van der Waals surface area contributed by atoms with E-state index in [4.69, 9.17) is 11.5 Å². The number of rotatable bonds is 6. The third-order valence-corrected chi connectivity index (χ3v) is 8.08. The molecule has 5 rings (SSSR count). The fourth-order valence-electron chi connectivity index (χ4n) is 3.88. The van der Waals surface area contributed by atoms with E-state index in [0.717, 1.165) is 16.9 Å². The molecule has 0 unspecified atom stereocenters. The van der Waals surface area contributed by atoms with Crippen LogP contribution in [0.15, 0.2) is 83.9 Å². The molecule has 3 aromatic heterocycles. The first-order valence-corrected chi connectivity index (χ1v) is 13.2. The predicted molar refractivity (Wildman–Crippen MR) is 144 cm³/mol. The highest BCUT2D eigenvalue weighted by atomic mass is 32.2. The van der Waals surface area contributed by atoms with Gasteiger partial charge in [0.05, 0.1) is 10.6 Å². The molecule has 0 bridgehead atoms. The van der Waals surface area contributed by atoms with Crippen molar-refractivity contribution in [1.82, 2.24) is 9.97 Å². The van der Waals surface area contributed by atoms with Gasteiger partial charge in [-0.25, -0.2) is 18.4 Å². The Morgan fingerprint density at radius 2 is 1.68 bits per heavy atom. The Morgan fingerprint density at radius 3 is 2.32 bits per heavy atom. The SMILES string of the molecule is N#Cc1c(N)nc2sc(C(=O)c3ccc(S(=O)(=O)Nc4ccccn4)cc3)c(N)c2c1-c1ccccc1. The largest absolute Gasteiger partial charge is 0.397 e. The molecule has 3 heterocycles. The Labute approximate surface area is 216 Å². The zero-order valence-electron chi connectivity index (χ0n) is 19.0. The lowest BCUT2D eigenvalue weighted by molar-refractivity contribution is 0.104. The Morgan fingerprint density at radius 1 is 0.973 bits per heavy atom. The number of nitrogen functional groups attached to an aromatic ring is 2. The quantitative estimate of drug-likeness (QED) is 0.273. The highest BCUT2D eigenvalue weighted by molar-refractivity contribution is 7.92. The van der Waals surface area contributed by atoms with Gasteiger partial charge >= 0.3 is 0 Å². The van der Waals surface area contributed by atoms with Gasteiger partial charge < -0.3 is 11.5 Å². The number of fused-ring (bicyclic) bond motifs is 1. The second-order valence-corrected chi connectivity index (χ2v) is 10.6. The van der Waals surface area contributed by atoms with Gasteiger partial charge in [-0.2, -0.15) is 5.26 Å². The molecule has 0 amide bonds. The molecule has 37 heavy (non-hydrogen) atoms. The third-order valence-electron chi connectivity index (χ3n) is 5.62. The lowest BCUT2D eigenvalue weighted by Gasteiger charge is -2.09. The van der Waals surface area contributed by atoms with E-state index >= 15 is 0 Å². The standard InChI is InChI=1S/C26H18N6O3S2/c27-14-18-20(15-6-2-1-3-7-15)21-22(28)24(36-26(21)31-25(18)29)23(33)16-9-11-17(12-10-16)37(34,35)32-19-8-4-5-13-30-19/h1-13H,28H2,(H2,29,31)(H,30,32). The van der Waals surface area contributed by atoms with E-state index in [0.29, 0.717) is 15.8 Å². The van der Waals surface area contributed by atoms with Crippen LogP contribution in [0.3, 0.4) is 0 Å². The van der Waals surface area contributed by atoms with Crippen LogP contribution >= 0.6 is 11.3 Å². The molecule has 0 spiro atoms. The number of hydrogen-bond acceptors (Lipinski definition) is 9. The van der Waals surface area contributed by atoms with Crippen molar-refractivity contribution >= 4 is 54.7 Å². The Kier molecular flexibility index (Phi) is 6.04. The minimum absolute atomic E-state index is 0.0292. The average Bonchev–Trinajstić information content (AvgIpc) is 3.23. The summed E-state index contributed by atoms with van der Waals surface area (Å²) in [5.74, 6) is -0.180. The topological polar surface area (TPSA) is 165 Å². The maximum Gasteiger partial charge on any atom is 0.263 e. The molecule has 0 fully saturated rings. The van der Waals surface area contributed by atoms with Crippen LogP contribution in [0.5, 0.6) is 0 Å². The van der Waals surface area contributed by atoms with Crippen LogP contribution in [0.25, 0.3) is 21.3 Å². The average molecular weight is 527 g/mol. The number of ketones is 1. The van der Waals surface area contributed by atoms with Gasteiger partial charge in [0.2, 0.25) is 5.78 Å². The predicted octanol–water partition coefficient (Wildman–Crippen LogP) is 4.43. The number of nitrogens with one attached hydrogen (secondary N) is 1. The summed E-state index contributed by atoms with van der Waals surface area (Å²) in [6.45, 7) is 0. The van der Waals surface area contributed by atoms with Gasteiger partial charge in [0.15, 0.2) is 0 Å². The van der Waals surface area contributed by atoms with Crippen molar-refractivity contribution in [3.8, 4) is 17.2 Å². The molecule has 0 aliphatic carbocycles. The van der Waals surface area contributed by atoms with E-state index in [1.165, 1.54) is 36.5 Å². The molecule has 0 aliphatic heterocycles. The summed E-state index contributed by atoms with van der Waals surface area (Å²) >= 11 is 1.07. The minimum atomic E-state index is -3.90. The van der Waals surface area contributed by atoms with Gasteiger partial charge in [0.25, 0.3) is 10.0 Å². The normalized spacial score (nSPS) is 11.2. The Bertz CT molecular complexity index is 1800. The van der Waals surface area contributed by atoms with Crippen molar-refractivity contribution in [3.63, 3.8) is 0 Å².